The molecule has 0 amide bonds. The molecule has 1 N–H and O–H groups in total. The third kappa shape index (κ3) is 12.9. The number of hydrogen-bond acceptors (Lipinski definition) is 8. The molecule has 0 aromatic heterocycles. The predicted molar refractivity (Wildman–Crippen MR) is 216 cm³/mol. The molecular weight excluding hydrogens is 677 g/mol. The van der Waals surface area contributed by atoms with E-state index in [-0.39, 0.29) is 0 Å². The molecule has 10 heteroatoms. The summed E-state index contributed by atoms with van der Waals surface area (Å²) in [5.41, 5.74) is 4.31. The van der Waals surface area contributed by atoms with Gasteiger partial charge in [-0.25, -0.2) is 0 Å². The van der Waals surface area contributed by atoms with E-state index in [0.717, 1.165) is 41.9 Å². The summed E-state index contributed by atoms with van der Waals surface area (Å²) in [6, 6.07) is 11.3. The molecular formula is C41H72O8Si2. The van der Waals surface area contributed by atoms with Crippen LogP contribution in [0.4, 0.5) is 0 Å². The second-order valence-corrected chi connectivity index (χ2v) is 26.2. The number of carbonyl (C=O) groups excluding carboxylic acids is 1. The van der Waals surface area contributed by atoms with Gasteiger partial charge in [-0.3, -0.25) is 4.79 Å². The van der Waals surface area contributed by atoms with Crippen LogP contribution < -0.4 is 18.3 Å². The zero-order valence-electron chi connectivity index (χ0n) is 34.6. The van der Waals surface area contributed by atoms with Crippen molar-refractivity contribution in [2.24, 2.45) is 0 Å². The van der Waals surface area contributed by atoms with Crippen molar-refractivity contribution in [3.63, 3.8) is 0 Å². The summed E-state index contributed by atoms with van der Waals surface area (Å²) in [7, 11) is -0.774. The summed E-state index contributed by atoms with van der Waals surface area (Å²) in [5, 5.41) is 9.94. The number of methoxy groups -OCH3 is 2. The molecule has 0 bridgehead atoms. The molecule has 8 nitrogen and oxygen atoms in total. The molecule has 0 heterocycles. The Morgan fingerprint density at radius 1 is 0.549 bits per heavy atom. The summed E-state index contributed by atoms with van der Waals surface area (Å²) in [6.07, 6.45) is 1.91. The van der Waals surface area contributed by atoms with Crippen LogP contribution >= 0.6 is 0 Å². The van der Waals surface area contributed by atoms with Gasteiger partial charge in [-0.1, -0.05) is 89.2 Å². The molecule has 0 aliphatic carbocycles. The topological polar surface area (TPSA) is 92.7 Å². The Hall–Kier alpha value is -2.38. The minimum atomic E-state index is -2.07. The van der Waals surface area contributed by atoms with E-state index in [0.29, 0.717) is 71.0 Å². The number of aliphatic hydroxyl groups excluding tert-OH is 1. The Bertz CT molecular complexity index is 1230. The highest BCUT2D eigenvalue weighted by Gasteiger charge is 2.48. The molecule has 0 saturated heterocycles. The molecule has 0 saturated carbocycles. The fraction of sp³-hybridized carbons (Fsp3) is 0.683. The molecule has 1 unspecified atom stereocenters. The number of rotatable bonds is 22. The maximum absolute atomic E-state index is 11.1. The molecule has 0 fully saturated rings. The Morgan fingerprint density at radius 3 is 1.25 bits per heavy atom. The van der Waals surface area contributed by atoms with Crippen molar-refractivity contribution in [1.82, 2.24) is 0 Å². The van der Waals surface area contributed by atoms with Crippen molar-refractivity contribution >= 4 is 22.9 Å². The van der Waals surface area contributed by atoms with Crippen molar-refractivity contribution in [3.05, 3.63) is 47.5 Å². The average Bonchev–Trinajstić information content (AvgIpc) is 3.06. The Labute approximate surface area is 313 Å². The lowest BCUT2D eigenvalue weighted by molar-refractivity contribution is 0.112. The SMILES string of the molecule is COCCCOc1cc(C(C)O)ccc1O[Si](C(C)C)(C(C)C)C(C)C.COCCCOc1cc(C=O)ccc1O[Si](C(C)C)(C(C)C)C(C)C. The first kappa shape index (κ1) is 46.6. The van der Waals surface area contributed by atoms with Gasteiger partial charge >= 0.3 is 0 Å². The highest BCUT2D eigenvalue weighted by Crippen LogP contribution is 2.46. The molecule has 2 aromatic rings. The Balaban J connectivity index is 0.000000510. The summed E-state index contributed by atoms with van der Waals surface area (Å²) in [4.78, 5) is 11.1. The van der Waals surface area contributed by atoms with Gasteiger partial charge in [0.1, 0.15) is 17.8 Å². The van der Waals surface area contributed by atoms with Crippen molar-refractivity contribution in [2.45, 2.75) is 142 Å². The van der Waals surface area contributed by atoms with Crippen LogP contribution in [0, 0.1) is 0 Å². The number of benzene rings is 2. The minimum Gasteiger partial charge on any atom is -0.540 e. The van der Waals surface area contributed by atoms with Crippen molar-refractivity contribution in [1.29, 1.82) is 0 Å². The zero-order chi connectivity index (χ0) is 38.9. The highest BCUT2D eigenvalue weighted by molar-refractivity contribution is 6.78. The molecule has 0 spiro atoms. The number of aldehydes is 1. The van der Waals surface area contributed by atoms with E-state index in [1.54, 1.807) is 33.3 Å². The van der Waals surface area contributed by atoms with E-state index in [2.05, 4.69) is 83.1 Å². The quantitative estimate of drug-likeness (QED) is 0.0723. The van der Waals surface area contributed by atoms with Gasteiger partial charge < -0.3 is 32.9 Å². The highest BCUT2D eigenvalue weighted by atomic mass is 28.4. The van der Waals surface area contributed by atoms with Gasteiger partial charge in [0.15, 0.2) is 11.5 Å². The summed E-state index contributed by atoms with van der Waals surface area (Å²) >= 11 is 0. The maximum Gasteiger partial charge on any atom is 0.258 e. The predicted octanol–water partition coefficient (Wildman–Crippen LogP) is 11.2. The fourth-order valence-electron chi connectivity index (χ4n) is 7.64. The first-order valence-corrected chi connectivity index (χ1v) is 23.3. The lowest BCUT2D eigenvalue weighted by atomic mass is 10.1. The summed E-state index contributed by atoms with van der Waals surface area (Å²) in [6.45, 7) is 31.3. The number of aliphatic hydroxyl groups is 1. The number of ether oxygens (including phenoxy) is 4. The smallest absolute Gasteiger partial charge is 0.258 e. The standard InChI is InChI=1S/C21H38O4Si.C20H34O4Si/c1-15(2)26(16(3)4,17(5)6)25-20-11-10-19(18(7)22)14-21(20)24-13-9-12-23-8;1-15(2)25(16(3)4,17(5)6)24-19-10-9-18(14-21)13-20(19)23-12-8-11-22-7/h10-11,14-18,22H,9,12-13H2,1-8H3;9-10,13-17H,8,11-12H2,1-7H3. The second-order valence-electron chi connectivity index (χ2n) is 15.4. The molecule has 2 rings (SSSR count). The van der Waals surface area contributed by atoms with Gasteiger partial charge in [-0.15, -0.1) is 0 Å². The molecule has 1 atom stereocenters. The van der Waals surface area contributed by atoms with Crippen LogP contribution in [0.5, 0.6) is 23.0 Å². The molecule has 0 radical (unpaired) electrons. The van der Waals surface area contributed by atoms with Gasteiger partial charge in [0.2, 0.25) is 0 Å². The minimum absolute atomic E-state index is 0.472. The van der Waals surface area contributed by atoms with Crippen molar-refractivity contribution in [2.75, 3.05) is 40.6 Å². The molecule has 292 valence electrons. The number of hydrogen-bond donors (Lipinski definition) is 1. The van der Waals surface area contributed by atoms with E-state index >= 15 is 0 Å². The van der Waals surface area contributed by atoms with Gasteiger partial charge in [-0.05, 0) is 76.1 Å². The van der Waals surface area contributed by atoms with Crippen LogP contribution in [0.1, 0.15) is 125 Å². The van der Waals surface area contributed by atoms with E-state index in [9.17, 15) is 9.90 Å². The largest absolute Gasteiger partial charge is 0.540 e. The average molecular weight is 749 g/mol. The second kappa shape index (κ2) is 22.6. The third-order valence-corrected chi connectivity index (χ3v) is 22.0. The number of carbonyl (C=O) groups is 1. The molecule has 0 aliphatic heterocycles. The van der Waals surface area contributed by atoms with Crippen LogP contribution in [0.15, 0.2) is 36.4 Å². The first-order valence-electron chi connectivity index (χ1n) is 19.0. The first-order chi connectivity index (χ1) is 24.0. The van der Waals surface area contributed by atoms with Crippen LogP contribution in [-0.4, -0.2) is 68.7 Å². The molecule has 0 aliphatic rings. The van der Waals surface area contributed by atoms with Crippen LogP contribution in [0.2, 0.25) is 33.2 Å². The zero-order valence-corrected chi connectivity index (χ0v) is 36.6. The van der Waals surface area contributed by atoms with E-state index in [4.69, 9.17) is 27.8 Å². The maximum atomic E-state index is 11.1. The van der Waals surface area contributed by atoms with E-state index in [1.807, 2.05) is 24.3 Å². The lowest BCUT2D eigenvalue weighted by Crippen LogP contribution is -2.50. The van der Waals surface area contributed by atoms with Gasteiger partial charge in [0, 0.05) is 45.8 Å². The summed E-state index contributed by atoms with van der Waals surface area (Å²) in [5.74, 6) is 2.93. The van der Waals surface area contributed by atoms with Gasteiger partial charge in [0.05, 0.1) is 19.3 Å². The van der Waals surface area contributed by atoms with Gasteiger partial charge in [0.25, 0.3) is 16.6 Å². The molecule has 2 aromatic carbocycles. The van der Waals surface area contributed by atoms with Crippen LogP contribution in [0.25, 0.3) is 0 Å². The Morgan fingerprint density at radius 2 is 0.922 bits per heavy atom. The summed E-state index contributed by atoms with van der Waals surface area (Å²) < 4.78 is 35.7. The normalized spacial score (nSPS) is 12.8. The third-order valence-electron chi connectivity index (χ3n) is 10.0. The van der Waals surface area contributed by atoms with Crippen LogP contribution in [0.3, 0.4) is 0 Å². The lowest BCUT2D eigenvalue weighted by Gasteiger charge is -2.42. The van der Waals surface area contributed by atoms with E-state index in [1.165, 1.54) is 0 Å². The van der Waals surface area contributed by atoms with Gasteiger partial charge in [-0.2, -0.15) is 0 Å². The monoisotopic (exact) mass is 748 g/mol. The van der Waals surface area contributed by atoms with Crippen molar-refractivity contribution in [3.8, 4) is 23.0 Å². The molecule has 51 heavy (non-hydrogen) atoms. The van der Waals surface area contributed by atoms with E-state index < -0.39 is 22.7 Å². The van der Waals surface area contributed by atoms with Crippen LogP contribution in [-0.2, 0) is 9.47 Å². The fourth-order valence-corrected chi connectivity index (χ4v) is 18.1. The Kier molecular flexibility index (Phi) is 20.7. The van der Waals surface area contributed by atoms with Crippen molar-refractivity contribution < 1.29 is 37.7 Å².